The van der Waals surface area contributed by atoms with Crippen molar-refractivity contribution in [3.05, 3.63) is 93.2 Å². The van der Waals surface area contributed by atoms with Gasteiger partial charge in [0.15, 0.2) is 0 Å². The summed E-state index contributed by atoms with van der Waals surface area (Å²) in [5.74, 6) is 1.28. The molecule has 0 radical (unpaired) electrons. The lowest BCUT2D eigenvalue weighted by molar-refractivity contribution is -0.129. The summed E-state index contributed by atoms with van der Waals surface area (Å²) in [5, 5.41) is 13.6. The number of aryl methyl sites for hydroxylation is 1. The van der Waals surface area contributed by atoms with Gasteiger partial charge in [0.05, 0.1) is 37.4 Å². The maximum Gasteiger partial charge on any atom is 0.408 e. The van der Waals surface area contributed by atoms with Crippen LogP contribution in [-0.2, 0) is 17.8 Å². The maximum atomic E-state index is 14.7. The highest BCUT2D eigenvalue weighted by Crippen LogP contribution is 2.40. The Morgan fingerprint density at radius 3 is 2.38 bits per heavy atom. The van der Waals surface area contributed by atoms with E-state index in [4.69, 9.17) is 14.2 Å². The highest BCUT2D eigenvalue weighted by molar-refractivity contribution is 9.10. The topological polar surface area (TPSA) is 101 Å². The molecule has 2 aliphatic heterocycles. The van der Waals surface area contributed by atoms with Crippen LogP contribution in [0.5, 0.6) is 17.2 Å². The van der Waals surface area contributed by atoms with Gasteiger partial charge in [0.25, 0.3) is 5.91 Å². The normalized spacial score (nSPS) is 18.9. The molecule has 2 atom stereocenters. The largest absolute Gasteiger partial charge is 0.497 e. The standard InChI is InChI=1S/C36H39BrFN3O6/c1-45-28-14-23(15-29(18-28)46-2)21-40(26-10-11-26)35(42)34-30(17-27-19-39-20-32(34)41(27)36(43)44)24-7-5-22(6-8-24)4-3-13-47-33-16-25(38)9-12-31(33)37/h5-9,12,14-16,18,26-27,32,39H,3-4,10-11,13,17,19-21H2,1-2H3,(H,43,44)/t27-,32-/m1/s1. The summed E-state index contributed by atoms with van der Waals surface area (Å²) in [6.45, 7) is 1.70. The molecule has 3 aliphatic rings. The van der Waals surface area contributed by atoms with Crippen molar-refractivity contribution < 1.29 is 33.3 Å². The Morgan fingerprint density at radius 2 is 1.72 bits per heavy atom. The van der Waals surface area contributed by atoms with Crippen LogP contribution < -0.4 is 19.5 Å². The highest BCUT2D eigenvalue weighted by atomic mass is 79.9. The summed E-state index contributed by atoms with van der Waals surface area (Å²) in [5.41, 5.74) is 4.37. The van der Waals surface area contributed by atoms with Gasteiger partial charge in [-0.1, -0.05) is 24.3 Å². The summed E-state index contributed by atoms with van der Waals surface area (Å²) >= 11 is 3.39. The van der Waals surface area contributed by atoms with Crippen LogP contribution >= 0.6 is 15.9 Å². The number of piperazine rings is 1. The highest BCUT2D eigenvalue weighted by Gasteiger charge is 2.46. The smallest absolute Gasteiger partial charge is 0.408 e. The van der Waals surface area contributed by atoms with Gasteiger partial charge in [-0.15, -0.1) is 0 Å². The number of amides is 2. The van der Waals surface area contributed by atoms with E-state index in [9.17, 15) is 19.1 Å². The van der Waals surface area contributed by atoms with E-state index in [1.54, 1.807) is 26.4 Å². The van der Waals surface area contributed by atoms with Crippen LogP contribution in [0.4, 0.5) is 9.18 Å². The average Bonchev–Trinajstić information content (AvgIpc) is 3.92. The molecule has 0 spiro atoms. The molecular weight excluding hydrogens is 669 g/mol. The molecule has 2 amide bonds. The number of methoxy groups -OCH3 is 2. The van der Waals surface area contributed by atoms with Crippen molar-refractivity contribution in [2.45, 2.75) is 56.8 Å². The molecule has 1 saturated carbocycles. The van der Waals surface area contributed by atoms with Gasteiger partial charge >= 0.3 is 6.09 Å². The van der Waals surface area contributed by atoms with Gasteiger partial charge in [-0.25, -0.2) is 9.18 Å². The minimum Gasteiger partial charge on any atom is -0.497 e. The van der Waals surface area contributed by atoms with Gasteiger partial charge in [-0.3, -0.25) is 9.69 Å². The lowest BCUT2D eigenvalue weighted by atomic mass is 9.81. The third-order valence-corrected chi connectivity index (χ3v) is 9.73. The van der Waals surface area contributed by atoms with E-state index in [2.05, 4.69) is 33.4 Å². The number of hydrogen-bond donors (Lipinski definition) is 2. The molecule has 0 unspecified atom stereocenters. The molecular formula is C36H39BrFN3O6. The van der Waals surface area contributed by atoms with E-state index in [0.29, 0.717) is 60.0 Å². The first kappa shape index (κ1) is 32.8. The first-order valence-corrected chi connectivity index (χ1v) is 16.7. The fourth-order valence-corrected chi connectivity index (χ4v) is 6.97. The molecule has 47 heavy (non-hydrogen) atoms. The predicted molar refractivity (Wildman–Crippen MR) is 179 cm³/mol. The zero-order valence-corrected chi connectivity index (χ0v) is 28.1. The van der Waals surface area contributed by atoms with E-state index in [1.165, 1.54) is 17.0 Å². The van der Waals surface area contributed by atoms with Crippen molar-refractivity contribution in [1.82, 2.24) is 15.1 Å². The number of fused-ring (bicyclic) bond motifs is 2. The van der Waals surface area contributed by atoms with Crippen LogP contribution in [0.3, 0.4) is 0 Å². The van der Waals surface area contributed by atoms with Crippen LogP contribution in [0.1, 0.15) is 42.4 Å². The lowest BCUT2D eigenvalue weighted by Gasteiger charge is -2.47. The Hall–Kier alpha value is -4.09. The van der Waals surface area contributed by atoms with Crippen molar-refractivity contribution in [2.75, 3.05) is 33.9 Å². The molecule has 1 saturated heterocycles. The zero-order chi connectivity index (χ0) is 33.1. The fraction of sp³-hybridized carbons (Fsp3) is 0.389. The van der Waals surface area contributed by atoms with Crippen LogP contribution in [0.2, 0.25) is 0 Å². The van der Waals surface area contributed by atoms with E-state index >= 15 is 0 Å². The Labute approximate surface area is 282 Å². The minimum atomic E-state index is -1.01. The number of nitrogens with one attached hydrogen (secondary N) is 1. The molecule has 11 heteroatoms. The van der Waals surface area contributed by atoms with Crippen LogP contribution in [-0.4, -0.2) is 78.9 Å². The zero-order valence-electron chi connectivity index (χ0n) is 26.5. The average molecular weight is 709 g/mol. The summed E-state index contributed by atoms with van der Waals surface area (Å²) < 4.78 is 31.0. The first-order valence-electron chi connectivity index (χ1n) is 15.9. The third-order valence-electron chi connectivity index (χ3n) is 9.07. The van der Waals surface area contributed by atoms with E-state index in [1.807, 2.05) is 29.2 Å². The van der Waals surface area contributed by atoms with Gasteiger partial charge in [0.1, 0.15) is 23.1 Å². The third kappa shape index (κ3) is 7.41. The lowest BCUT2D eigenvalue weighted by Crippen LogP contribution is -2.63. The van der Waals surface area contributed by atoms with Crippen molar-refractivity contribution in [3.63, 3.8) is 0 Å². The van der Waals surface area contributed by atoms with Crippen molar-refractivity contribution in [3.8, 4) is 17.2 Å². The number of rotatable bonds is 12. The second-order valence-electron chi connectivity index (χ2n) is 12.2. The number of nitrogens with zero attached hydrogens (tertiary/aromatic N) is 2. The molecule has 3 aromatic rings. The summed E-state index contributed by atoms with van der Waals surface area (Å²) in [7, 11) is 3.19. The molecule has 1 aliphatic carbocycles. The van der Waals surface area contributed by atoms with Gasteiger partial charge in [0, 0.05) is 43.4 Å². The molecule has 3 aromatic carbocycles. The quantitative estimate of drug-likeness (QED) is 0.214. The second-order valence-corrected chi connectivity index (χ2v) is 13.1. The molecule has 6 rings (SSSR count). The van der Waals surface area contributed by atoms with Gasteiger partial charge in [-0.2, -0.15) is 0 Å². The van der Waals surface area contributed by atoms with Crippen LogP contribution in [0.15, 0.2) is 70.7 Å². The van der Waals surface area contributed by atoms with Crippen molar-refractivity contribution >= 4 is 33.5 Å². The summed E-state index contributed by atoms with van der Waals surface area (Å²) in [6.07, 6.45) is 2.74. The van der Waals surface area contributed by atoms with Crippen molar-refractivity contribution in [1.29, 1.82) is 0 Å². The van der Waals surface area contributed by atoms with Crippen molar-refractivity contribution in [2.24, 2.45) is 0 Å². The maximum absolute atomic E-state index is 14.7. The fourth-order valence-electron chi connectivity index (χ4n) is 6.61. The summed E-state index contributed by atoms with van der Waals surface area (Å²) in [6, 6.07) is 17.4. The number of ether oxygens (including phenoxy) is 3. The molecule has 9 nitrogen and oxygen atoms in total. The number of carbonyl (C=O) groups excluding carboxylic acids is 1. The number of benzene rings is 3. The second kappa shape index (κ2) is 14.4. The Morgan fingerprint density at radius 1 is 1.00 bits per heavy atom. The minimum absolute atomic E-state index is 0.0820. The van der Waals surface area contributed by atoms with Gasteiger partial charge in [-0.05, 0) is 94.6 Å². The van der Waals surface area contributed by atoms with E-state index in [0.717, 1.165) is 47.9 Å². The Bertz CT molecular complexity index is 1640. The summed E-state index contributed by atoms with van der Waals surface area (Å²) in [4.78, 5) is 30.5. The molecule has 2 bridgehead atoms. The molecule has 248 valence electrons. The Kier molecular flexibility index (Phi) is 10.0. The number of halogens is 2. The predicted octanol–water partition coefficient (Wildman–Crippen LogP) is 6.29. The number of carbonyl (C=O) groups is 2. The van der Waals surface area contributed by atoms with Crippen LogP contribution in [0.25, 0.3) is 5.57 Å². The number of carboxylic acid groups (broad SMARTS) is 1. The Balaban J connectivity index is 1.26. The molecule has 2 N–H and O–H groups in total. The number of hydrogen-bond acceptors (Lipinski definition) is 6. The SMILES string of the molecule is COc1cc(CN(C(=O)C2=C(c3ccc(CCCOc4cc(F)ccc4Br)cc3)C[C@@H]3CNC[C@H]2N3C(=O)O)C2CC2)cc(OC)c1. The van der Waals surface area contributed by atoms with E-state index in [-0.39, 0.29) is 23.8 Å². The van der Waals surface area contributed by atoms with Gasteiger partial charge in [0.2, 0.25) is 0 Å². The first-order chi connectivity index (χ1) is 22.7. The van der Waals surface area contributed by atoms with Crippen LogP contribution in [0, 0.1) is 5.82 Å². The molecule has 2 heterocycles. The monoisotopic (exact) mass is 707 g/mol. The van der Waals surface area contributed by atoms with Gasteiger partial charge < -0.3 is 29.5 Å². The van der Waals surface area contributed by atoms with E-state index < -0.39 is 12.1 Å². The molecule has 2 fully saturated rings. The molecule has 0 aromatic heterocycles.